The summed E-state index contributed by atoms with van der Waals surface area (Å²) in [7, 11) is 0. The molecule has 0 heterocycles. The van der Waals surface area contributed by atoms with E-state index in [0.717, 1.165) is 156 Å². The number of nitrogens with one attached hydrogen (secondary N) is 12. The molecule has 556 valence electrons. The highest BCUT2D eigenvalue weighted by Gasteiger charge is 2.46. The van der Waals surface area contributed by atoms with Gasteiger partial charge in [-0.15, -0.1) is 0 Å². The number of carbonyl (C=O) groups is 7. The van der Waals surface area contributed by atoms with Crippen molar-refractivity contribution in [2.24, 2.45) is 39.2 Å². The van der Waals surface area contributed by atoms with E-state index in [-0.39, 0.29) is 32.8 Å². The van der Waals surface area contributed by atoms with Crippen LogP contribution in [0.5, 0.6) is 0 Å². The number of carbonyl (C=O) groups excluding carboxylic acids is 7. The van der Waals surface area contributed by atoms with Gasteiger partial charge >= 0.3 is 42.3 Å². The van der Waals surface area contributed by atoms with Gasteiger partial charge in [0.2, 0.25) is 0 Å². The van der Waals surface area contributed by atoms with Crippen molar-refractivity contribution in [2.45, 2.75) is 130 Å². The number of benzene rings is 1. The highest BCUT2D eigenvalue weighted by molar-refractivity contribution is 5.82. The fraction of sp³-hybridized carbons (Fsp3) is 0.803. The second kappa shape index (κ2) is 60.4. The van der Waals surface area contributed by atoms with Crippen molar-refractivity contribution >= 4 is 42.3 Å². The van der Waals surface area contributed by atoms with Crippen molar-refractivity contribution in [3.63, 3.8) is 0 Å². The van der Waals surface area contributed by atoms with Gasteiger partial charge in [0.25, 0.3) is 0 Å². The molecule has 96 heavy (non-hydrogen) atoms. The minimum absolute atomic E-state index is 0.203. The van der Waals surface area contributed by atoms with Crippen LogP contribution in [-0.2, 0) is 54.1 Å². The maximum Gasteiger partial charge on any atom is 0.407 e. The van der Waals surface area contributed by atoms with Crippen LogP contribution in [0.3, 0.4) is 0 Å². The molecule has 30 nitrogen and oxygen atoms in total. The SMILES string of the molecule is CC(COC(=O)NCCCNCCCCNCCCN)(COC(=O)NCCCNCCCCNCCCN)C(=O)OCC(C)(COC(=O)C(C)(COC(=O)NCCCNCCCCNCCCN)COC(=O)NCCCNCCCCNCCCN)C(=O)OCc1ccccc1. The molecule has 0 bridgehead atoms. The van der Waals surface area contributed by atoms with E-state index in [4.69, 9.17) is 56.1 Å². The van der Waals surface area contributed by atoms with E-state index in [0.29, 0.717) is 83.6 Å². The highest BCUT2D eigenvalue weighted by Crippen LogP contribution is 2.28. The molecule has 1 aromatic rings. The molecule has 4 amide bonds. The van der Waals surface area contributed by atoms with E-state index in [1.165, 1.54) is 20.8 Å². The molecule has 0 atom stereocenters. The number of nitrogens with two attached hydrogens (primary N) is 4. The van der Waals surface area contributed by atoms with Gasteiger partial charge in [0, 0.05) is 26.2 Å². The number of hydrogen-bond acceptors (Lipinski definition) is 26. The van der Waals surface area contributed by atoms with Crippen LogP contribution in [0.2, 0.25) is 0 Å². The largest absolute Gasteiger partial charge is 0.464 e. The third-order valence-electron chi connectivity index (χ3n) is 15.1. The molecular weight excluding hydrogens is 1240 g/mol. The number of amides is 4. The molecule has 0 aromatic heterocycles. The Morgan fingerprint density at radius 3 is 0.729 bits per heavy atom. The molecule has 0 fully saturated rings. The zero-order chi connectivity index (χ0) is 70.3. The predicted octanol–water partition coefficient (Wildman–Crippen LogP) is 1.53. The lowest BCUT2D eigenvalue weighted by atomic mass is 9.90. The number of esters is 3. The Kier molecular flexibility index (Phi) is 55.5. The maximum atomic E-state index is 14.4. The first kappa shape index (κ1) is 88.2. The minimum Gasteiger partial charge on any atom is -0.464 e. The molecule has 0 unspecified atom stereocenters. The zero-order valence-electron chi connectivity index (χ0n) is 58.6. The van der Waals surface area contributed by atoms with Crippen LogP contribution in [0.25, 0.3) is 0 Å². The van der Waals surface area contributed by atoms with E-state index in [1.54, 1.807) is 30.3 Å². The fourth-order valence-corrected chi connectivity index (χ4v) is 8.80. The van der Waals surface area contributed by atoms with Crippen molar-refractivity contribution in [1.29, 1.82) is 0 Å². The molecule has 1 aromatic carbocycles. The Morgan fingerprint density at radius 2 is 0.490 bits per heavy atom. The van der Waals surface area contributed by atoms with Gasteiger partial charge in [0.05, 0.1) is 0 Å². The van der Waals surface area contributed by atoms with Gasteiger partial charge < -0.3 is 120 Å². The molecule has 0 spiro atoms. The number of hydrogen-bond donors (Lipinski definition) is 16. The van der Waals surface area contributed by atoms with E-state index in [2.05, 4.69) is 63.8 Å². The van der Waals surface area contributed by atoms with Crippen molar-refractivity contribution in [2.75, 3.05) is 197 Å². The summed E-state index contributed by atoms with van der Waals surface area (Å²) in [5.41, 5.74) is 17.2. The maximum absolute atomic E-state index is 14.4. The average molecular weight is 1370 g/mol. The molecule has 1 rings (SSSR count). The van der Waals surface area contributed by atoms with Crippen LogP contribution in [-0.4, -0.2) is 239 Å². The quantitative estimate of drug-likeness (QED) is 0.0250. The van der Waals surface area contributed by atoms with E-state index in [9.17, 15) is 33.6 Å². The van der Waals surface area contributed by atoms with Crippen molar-refractivity contribution in [3.8, 4) is 0 Å². The molecule has 0 aliphatic carbocycles. The summed E-state index contributed by atoms with van der Waals surface area (Å²) in [5, 5.41) is 37.6. The summed E-state index contributed by atoms with van der Waals surface area (Å²) in [6, 6.07) is 8.80. The van der Waals surface area contributed by atoms with E-state index in [1.807, 2.05) is 0 Å². The van der Waals surface area contributed by atoms with Gasteiger partial charge in [-0.3, -0.25) is 14.4 Å². The molecule has 0 aliphatic rings. The Bertz CT molecular complexity index is 1930. The van der Waals surface area contributed by atoms with Gasteiger partial charge in [-0.25, -0.2) is 19.2 Å². The summed E-state index contributed by atoms with van der Waals surface area (Å²) >= 11 is 0. The van der Waals surface area contributed by atoms with Gasteiger partial charge in [-0.1, -0.05) is 30.3 Å². The molecular formula is C66H128N16O14. The second-order valence-corrected chi connectivity index (χ2v) is 24.7. The van der Waals surface area contributed by atoms with Gasteiger partial charge in [-0.2, -0.15) is 0 Å². The summed E-state index contributed by atoms with van der Waals surface area (Å²) < 4.78 is 39.7. The van der Waals surface area contributed by atoms with Crippen LogP contribution in [0, 0.1) is 16.2 Å². The lowest BCUT2D eigenvalue weighted by molar-refractivity contribution is -0.179. The topological polar surface area (TPSA) is 433 Å². The first-order chi connectivity index (χ1) is 46.6. The normalized spacial score (nSPS) is 11.6. The van der Waals surface area contributed by atoms with Crippen molar-refractivity contribution in [3.05, 3.63) is 35.9 Å². The van der Waals surface area contributed by atoms with Crippen molar-refractivity contribution in [1.82, 2.24) is 63.8 Å². The molecule has 0 saturated heterocycles. The molecule has 0 radical (unpaired) electrons. The van der Waals surface area contributed by atoms with Gasteiger partial charge in [-0.05, 0) is 260 Å². The lowest BCUT2D eigenvalue weighted by Crippen LogP contribution is -2.47. The predicted molar refractivity (Wildman–Crippen MR) is 373 cm³/mol. The molecule has 30 heteroatoms. The van der Waals surface area contributed by atoms with Crippen LogP contribution < -0.4 is 86.7 Å². The summed E-state index contributed by atoms with van der Waals surface area (Å²) in [4.78, 5) is 95.5. The first-order valence-corrected chi connectivity index (χ1v) is 35.2. The third kappa shape index (κ3) is 48.9. The summed E-state index contributed by atoms with van der Waals surface area (Å²) in [5.74, 6) is -3.00. The van der Waals surface area contributed by atoms with E-state index < -0.39 is 98.2 Å². The summed E-state index contributed by atoms with van der Waals surface area (Å²) in [6.07, 6.45) is 10.7. The molecule has 0 saturated carbocycles. The number of rotatable bonds is 65. The van der Waals surface area contributed by atoms with E-state index >= 15 is 0 Å². The van der Waals surface area contributed by atoms with Crippen LogP contribution in [0.15, 0.2) is 30.3 Å². The third-order valence-corrected chi connectivity index (χ3v) is 15.1. The first-order valence-electron chi connectivity index (χ1n) is 35.2. The monoisotopic (exact) mass is 1370 g/mol. The minimum atomic E-state index is -1.93. The second-order valence-electron chi connectivity index (χ2n) is 24.7. The standard InChI is InChI=1S/C66H128N16O14/c1-64(57(83)90-49-56-23-5-4-6-24-56,50-91-58(84)65(2,52-93-60(86)79-45-19-41-75-33-11-7-29-71-37-15-25-67)53-94-61(87)80-46-20-42-76-34-12-8-30-72-38-16-26-68)51-92-59(85)66(3,54-95-62(88)81-47-21-43-77-35-13-9-31-73-39-17-27-69)55-96-63(89)82-48-22-44-78-36-14-10-32-74-40-18-28-70/h4-6,23-24,71-78H,7-22,25-55,67-70H2,1-3H3,(H,79,86)(H,80,87)(H,81,88)(H,82,89). The van der Waals surface area contributed by atoms with Crippen LogP contribution >= 0.6 is 0 Å². The Labute approximate surface area is 572 Å². The highest BCUT2D eigenvalue weighted by atomic mass is 16.6. The van der Waals surface area contributed by atoms with Crippen LogP contribution in [0.1, 0.15) is 129 Å². The molecule has 20 N–H and O–H groups in total. The Morgan fingerprint density at radius 1 is 0.281 bits per heavy atom. The average Bonchev–Trinajstić information content (AvgIpc) is 1.17. The van der Waals surface area contributed by atoms with Gasteiger partial charge in [0.15, 0.2) is 0 Å². The number of ether oxygens (including phenoxy) is 7. The Balaban J connectivity index is 3.25. The summed E-state index contributed by atoms with van der Waals surface area (Å²) in [6.45, 7) is 16.6. The number of alkyl carbamates (subject to hydrolysis) is 4. The fourth-order valence-electron chi connectivity index (χ4n) is 8.80. The van der Waals surface area contributed by atoms with Crippen LogP contribution in [0.4, 0.5) is 19.2 Å². The zero-order valence-corrected chi connectivity index (χ0v) is 58.6. The lowest BCUT2D eigenvalue weighted by Gasteiger charge is -2.32. The van der Waals surface area contributed by atoms with Crippen molar-refractivity contribution < 1.29 is 66.7 Å². The Hall–Kier alpha value is -5.77. The molecule has 0 aliphatic heterocycles. The number of unbranched alkanes of at least 4 members (excludes halogenated alkanes) is 4. The smallest absolute Gasteiger partial charge is 0.407 e. The van der Waals surface area contributed by atoms with Gasteiger partial charge in [0.1, 0.15) is 62.5 Å².